The Bertz CT molecular complexity index is 678. The van der Waals surface area contributed by atoms with Gasteiger partial charge in [0, 0.05) is 24.8 Å². The van der Waals surface area contributed by atoms with Crippen LogP contribution in [0.15, 0.2) is 48.5 Å². The molecule has 0 N–H and O–H groups in total. The molecule has 0 aliphatic rings. The molecule has 0 radical (unpaired) electrons. The van der Waals surface area contributed by atoms with Crippen molar-refractivity contribution in [3.8, 4) is 6.07 Å². The number of nitro groups is 1. The lowest BCUT2D eigenvalue weighted by atomic mass is 10.1. The molecule has 0 atom stereocenters. The van der Waals surface area contributed by atoms with Crippen molar-refractivity contribution in [3.05, 3.63) is 69.8 Å². The fourth-order valence-corrected chi connectivity index (χ4v) is 2.16. The van der Waals surface area contributed by atoms with E-state index < -0.39 is 4.92 Å². The molecular weight excluding hydrogens is 266 g/mol. The van der Waals surface area contributed by atoms with Gasteiger partial charge in [-0.05, 0) is 24.6 Å². The first kappa shape index (κ1) is 14.5. The zero-order valence-electron chi connectivity index (χ0n) is 11.7. The molecule has 0 amide bonds. The van der Waals surface area contributed by atoms with E-state index in [1.807, 2.05) is 43.3 Å². The summed E-state index contributed by atoms with van der Waals surface area (Å²) in [5.41, 5.74) is 1.89. The van der Waals surface area contributed by atoms with E-state index in [4.69, 9.17) is 5.26 Å². The van der Waals surface area contributed by atoms with Gasteiger partial charge in [0.1, 0.15) is 11.6 Å². The van der Waals surface area contributed by atoms with Crippen LogP contribution in [0.5, 0.6) is 0 Å². The van der Waals surface area contributed by atoms with Crippen LogP contribution < -0.4 is 4.90 Å². The predicted octanol–water partition coefficient (Wildman–Crippen LogP) is 3.49. The first-order valence-electron chi connectivity index (χ1n) is 6.63. The molecule has 106 valence electrons. The Morgan fingerprint density at radius 2 is 1.95 bits per heavy atom. The fraction of sp³-hybridized carbons (Fsp3) is 0.188. The third-order valence-corrected chi connectivity index (χ3v) is 3.26. The van der Waals surface area contributed by atoms with Gasteiger partial charge in [0.25, 0.3) is 5.69 Å². The number of benzene rings is 2. The standard InChI is InChI=1S/C16H15N3O2/c1-2-18(12-13-6-4-3-5-7-13)15-8-9-16(19(20)21)14(10-15)11-17/h3-10H,2,12H2,1H3. The fourth-order valence-electron chi connectivity index (χ4n) is 2.16. The van der Waals surface area contributed by atoms with Crippen molar-refractivity contribution in [2.45, 2.75) is 13.5 Å². The Morgan fingerprint density at radius 3 is 2.52 bits per heavy atom. The third kappa shape index (κ3) is 3.37. The molecule has 0 saturated heterocycles. The molecular formula is C16H15N3O2. The maximum Gasteiger partial charge on any atom is 0.287 e. The highest BCUT2D eigenvalue weighted by atomic mass is 16.6. The van der Waals surface area contributed by atoms with E-state index in [1.54, 1.807) is 12.1 Å². The zero-order chi connectivity index (χ0) is 15.2. The molecule has 0 heterocycles. The van der Waals surface area contributed by atoms with Crippen LogP contribution in [0.3, 0.4) is 0 Å². The summed E-state index contributed by atoms with van der Waals surface area (Å²) in [4.78, 5) is 12.4. The molecule has 0 fully saturated rings. The molecule has 0 aliphatic heterocycles. The Hall–Kier alpha value is -2.87. The normalized spacial score (nSPS) is 9.90. The molecule has 0 spiro atoms. The summed E-state index contributed by atoms with van der Waals surface area (Å²) in [6, 6.07) is 16.5. The minimum atomic E-state index is -0.532. The van der Waals surface area contributed by atoms with Crippen LogP contribution in [0.4, 0.5) is 11.4 Å². The number of nitrogens with zero attached hydrogens (tertiary/aromatic N) is 3. The van der Waals surface area contributed by atoms with Gasteiger partial charge in [-0.2, -0.15) is 5.26 Å². The van der Waals surface area contributed by atoms with Crippen LogP contribution in [0.2, 0.25) is 0 Å². The van der Waals surface area contributed by atoms with Gasteiger partial charge in [-0.1, -0.05) is 30.3 Å². The molecule has 0 saturated carbocycles. The number of hydrogen-bond donors (Lipinski definition) is 0. The van der Waals surface area contributed by atoms with Gasteiger partial charge in [-0.15, -0.1) is 0 Å². The summed E-state index contributed by atoms with van der Waals surface area (Å²) < 4.78 is 0. The summed E-state index contributed by atoms with van der Waals surface area (Å²) in [6.07, 6.45) is 0. The van der Waals surface area contributed by atoms with Crippen LogP contribution in [0, 0.1) is 21.4 Å². The van der Waals surface area contributed by atoms with Gasteiger partial charge >= 0.3 is 0 Å². The van der Waals surface area contributed by atoms with E-state index in [1.165, 1.54) is 6.07 Å². The highest BCUT2D eigenvalue weighted by Gasteiger charge is 2.15. The van der Waals surface area contributed by atoms with Crippen molar-refractivity contribution in [3.63, 3.8) is 0 Å². The van der Waals surface area contributed by atoms with Gasteiger partial charge < -0.3 is 4.90 Å². The molecule has 0 unspecified atom stereocenters. The Labute approximate surface area is 123 Å². The number of rotatable bonds is 5. The molecule has 0 aliphatic carbocycles. The van der Waals surface area contributed by atoms with Crippen molar-refractivity contribution in [2.24, 2.45) is 0 Å². The van der Waals surface area contributed by atoms with Crippen LogP contribution in [-0.2, 0) is 6.54 Å². The summed E-state index contributed by atoms with van der Waals surface area (Å²) in [5.74, 6) is 0. The van der Waals surface area contributed by atoms with Crippen LogP contribution >= 0.6 is 0 Å². The minimum Gasteiger partial charge on any atom is -0.367 e. The van der Waals surface area contributed by atoms with E-state index in [-0.39, 0.29) is 11.3 Å². The molecule has 0 bridgehead atoms. The van der Waals surface area contributed by atoms with Crippen molar-refractivity contribution >= 4 is 11.4 Å². The molecule has 5 nitrogen and oxygen atoms in total. The van der Waals surface area contributed by atoms with Gasteiger partial charge in [-0.3, -0.25) is 10.1 Å². The van der Waals surface area contributed by atoms with E-state index in [2.05, 4.69) is 4.90 Å². The van der Waals surface area contributed by atoms with Gasteiger partial charge in [0.2, 0.25) is 0 Å². The second kappa shape index (κ2) is 6.53. The number of nitro benzene ring substituents is 1. The van der Waals surface area contributed by atoms with Gasteiger partial charge in [0.05, 0.1) is 4.92 Å². The number of anilines is 1. The lowest BCUT2D eigenvalue weighted by Crippen LogP contribution is -2.22. The molecule has 2 aromatic carbocycles. The van der Waals surface area contributed by atoms with E-state index in [0.717, 1.165) is 17.8 Å². The summed E-state index contributed by atoms with van der Waals surface area (Å²) in [5, 5.41) is 19.9. The van der Waals surface area contributed by atoms with E-state index >= 15 is 0 Å². The van der Waals surface area contributed by atoms with E-state index in [9.17, 15) is 10.1 Å². The SMILES string of the molecule is CCN(Cc1ccccc1)c1ccc([N+](=O)[O-])c(C#N)c1. The average Bonchev–Trinajstić information content (AvgIpc) is 2.52. The predicted molar refractivity (Wildman–Crippen MR) is 81.0 cm³/mol. The Balaban J connectivity index is 2.31. The highest BCUT2D eigenvalue weighted by Crippen LogP contribution is 2.25. The van der Waals surface area contributed by atoms with Crippen molar-refractivity contribution in [1.82, 2.24) is 0 Å². The molecule has 21 heavy (non-hydrogen) atoms. The second-order valence-electron chi connectivity index (χ2n) is 4.57. The van der Waals surface area contributed by atoms with E-state index in [0.29, 0.717) is 6.54 Å². The van der Waals surface area contributed by atoms with Crippen molar-refractivity contribution in [2.75, 3.05) is 11.4 Å². The molecule has 2 aromatic rings. The van der Waals surface area contributed by atoms with Crippen LogP contribution in [0.25, 0.3) is 0 Å². The average molecular weight is 281 g/mol. The minimum absolute atomic E-state index is 0.0870. The summed E-state index contributed by atoms with van der Waals surface area (Å²) in [7, 11) is 0. The highest BCUT2D eigenvalue weighted by molar-refractivity contribution is 5.60. The van der Waals surface area contributed by atoms with Gasteiger partial charge in [-0.25, -0.2) is 0 Å². The molecule has 2 rings (SSSR count). The van der Waals surface area contributed by atoms with Crippen LogP contribution in [0.1, 0.15) is 18.1 Å². The third-order valence-electron chi connectivity index (χ3n) is 3.26. The second-order valence-corrected chi connectivity index (χ2v) is 4.57. The number of nitriles is 1. The largest absolute Gasteiger partial charge is 0.367 e. The summed E-state index contributed by atoms with van der Waals surface area (Å²) in [6.45, 7) is 3.45. The maximum atomic E-state index is 10.9. The first-order chi connectivity index (χ1) is 10.2. The Kier molecular flexibility index (Phi) is 4.52. The van der Waals surface area contributed by atoms with Crippen molar-refractivity contribution in [1.29, 1.82) is 5.26 Å². The topological polar surface area (TPSA) is 70.2 Å². The lowest BCUT2D eigenvalue weighted by Gasteiger charge is -2.23. The van der Waals surface area contributed by atoms with Gasteiger partial charge in [0.15, 0.2) is 0 Å². The maximum absolute atomic E-state index is 10.9. The quantitative estimate of drug-likeness (QED) is 0.621. The monoisotopic (exact) mass is 281 g/mol. The van der Waals surface area contributed by atoms with Crippen molar-refractivity contribution < 1.29 is 4.92 Å². The lowest BCUT2D eigenvalue weighted by molar-refractivity contribution is -0.385. The van der Waals surface area contributed by atoms with Crippen LogP contribution in [-0.4, -0.2) is 11.5 Å². The smallest absolute Gasteiger partial charge is 0.287 e. The Morgan fingerprint density at radius 1 is 1.24 bits per heavy atom. The summed E-state index contributed by atoms with van der Waals surface area (Å²) >= 11 is 0. The molecule has 5 heteroatoms. The molecule has 0 aromatic heterocycles. The first-order valence-corrected chi connectivity index (χ1v) is 6.63. The zero-order valence-corrected chi connectivity index (χ0v) is 11.7. The number of hydrogen-bond acceptors (Lipinski definition) is 4.